The van der Waals surface area contributed by atoms with E-state index in [-0.39, 0.29) is 18.0 Å². The van der Waals surface area contributed by atoms with Crippen LogP contribution in [0.4, 0.5) is 8.78 Å². The van der Waals surface area contributed by atoms with Crippen molar-refractivity contribution in [3.8, 4) is 0 Å². The molecule has 0 bridgehead atoms. The van der Waals surface area contributed by atoms with Gasteiger partial charge < -0.3 is 5.73 Å². The molecule has 0 radical (unpaired) electrons. The summed E-state index contributed by atoms with van der Waals surface area (Å²) >= 11 is 3.09. The Labute approximate surface area is 121 Å². The Balaban J connectivity index is 2.10. The molecule has 3 atom stereocenters. The second kappa shape index (κ2) is 6.31. The molecular formula is C15H20BrF2N. The molecule has 1 aromatic carbocycles. The van der Waals surface area contributed by atoms with Gasteiger partial charge in [-0.2, -0.15) is 0 Å². The van der Waals surface area contributed by atoms with Gasteiger partial charge in [0.2, 0.25) is 0 Å². The molecule has 2 rings (SSSR count). The molecule has 1 fully saturated rings. The molecule has 1 aliphatic rings. The van der Waals surface area contributed by atoms with E-state index in [2.05, 4.69) is 22.9 Å². The van der Waals surface area contributed by atoms with Crippen LogP contribution in [0.3, 0.4) is 0 Å². The third kappa shape index (κ3) is 3.54. The van der Waals surface area contributed by atoms with Crippen molar-refractivity contribution in [3.63, 3.8) is 0 Å². The van der Waals surface area contributed by atoms with E-state index in [0.29, 0.717) is 16.3 Å². The summed E-state index contributed by atoms with van der Waals surface area (Å²) in [4.78, 5) is 0. The number of benzene rings is 1. The quantitative estimate of drug-likeness (QED) is 0.815. The number of halogens is 3. The van der Waals surface area contributed by atoms with Crippen molar-refractivity contribution in [2.24, 2.45) is 17.6 Å². The molecule has 1 aromatic rings. The lowest BCUT2D eigenvalue weighted by molar-refractivity contribution is 0.244. The van der Waals surface area contributed by atoms with Gasteiger partial charge in [-0.05, 0) is 59.2 Å². The molecule has 0 amide bonds. The molecule has 1 aliphatic carbocycles. The molecule has 0 aromatic heterocycles. The topological polar surface area (TPSA) is 26.0 Å². The molecule has 0 spiro atoms. The molecule has 106 valence electrons. The number of rotatable bonds is 3. The first kappa shape index (κ1) is 14.9. The average molecular weight is 332 g/mol. The Bertz CT molecular complexity index is 450. The van der Waals surface area contributed by atoms with Gasteiger partial charge in [0.05, 0.1) is 4.47 Å². The van der Waals surface area contributed by atoms with Gasteiger partial charge in [-0.1, -0.05) is 19.8 Å². The highest BCUT2D eigenvalue weighted by atomic mass is 79.9. The first-order valence-corrected chi connectivity index (χ1v) is 7.66. The highest BCUT2D eigenvalue weighted by Gasteiger charge is 2.26. The van der Waals surface area contributed by atoms with Crippen LogP contribution in [0.25, 0.3) is 0 Å². The molecule has 0 aliphatic heterocycles. The molecule has 3 unspecified atom stereocenters. The summed E-state index contributed by atoms with van der Waals surface area (Å²) < 4.78 is 27.9. The van der Waals surface area contributed by atoms with Crippen LogP contribution < -0.4 is 5.73 Å². The molecule has 0 heterocycles. The highest BCUT2D eigenvalue weighted by Crippen LogP contribution is 2.32. The minimum atomic E-state index is -0.515. The Morgan fingerprint density at radius 1 is 1.37 bits per heavy atom. The van der Waals surface area contributed by atoms with Gasteiger partial charge in [0.1, 0.15) is 11.6 Å². The largest absolute Gasteiger partial charge is 0.327 e. The summed E-state index contributed by atoms with van der Waals surface area (Å²) in [5, 5.41) is 0. The van der Waals surface area contributed by atoms with Crippen molar-refractivity contribution in [2.45, 2.75) is 45.1 Å². The fraction of sp³-hybridized carbons (Fsp3) is 0.600. The standard InChI is InChI=1S/C15H20BrF2N/c1-9-3-2-4-10(7-9)14(19)8-11-13(17)6-5-12(16)15(11)18/h5-6,9-10,14H,2-4,7-8,19H2,1H3. The Hall–Kier alpha value is -0.480. The van der Waals surface area contributed by atoms with Crippen LogP contribution in [0.5, 0.6) is 0 Å². The number of hydrogen-bond donors (Lipinski definition) is 1. The lowest BCUT2D eigenvalue weighted by Crippen LogP contribution is -2.35. The minimum Gasteiger partial charge on any atom is -0.327 e. The van der Waals surface area contributed by atoms with Crippen molar-refractivity contribution in [1.82, 2.24) is 0 Å². The van der Waals surface area contributed by atoms with E-state index in [1.807, 2.05) is 0 Å². The first-order valence-electron chi connectivity index (χ1n) is 6.87. The fourth-order valence-electron chi connectivity index (χ4n) is 3.03. The maximum absolute atomic E-state index is 13.9. The van der Waals surface area contributed by atoms with Crippen LogP contribution >= 0.6 is 15.9 Å². The van der Waals surface area contributed by atoms with E-state index in [9.17, 15) is 8.78 Å². The minimum absolute atomic E-state index is 0.111. The molecule has 1 nitrogen and oxygen atoms in total. The van der Waals surface area contributed by atoms with Crippen molar-refractivity contribution in [2.75, 3.05) is 0 Å². The number of nitrogens with two attached hydrogens (primary N) is 1. The van der Waals surface area contributed by atoms with Gasteiger partial charge >= 0.3 is 0 Å². The van der Waals surface area contributed by atoms with Gasteiger partial charge in [0.15, 0.2) is 0 Å². The molecule has 1 saturated carbocycles. The second-order valence-corrected chi connectivity index (χ2v) is 6.58. The summed E-state index contributed by atoms with van der Waals surface area (Å²) in [6, 6.07) is 2.52. The van der Waals surface area contributed by atoms with Crippen LogP contribution in [0, 0.1) is 23.5 Å². The van der Waals surface area contributed by atoms with E-state index < -0.39 is 11.6 Å². The van der Waals surface area contributed by atoms with E-state index in [1.54, 1.807) is 0 Å². The van der Waals surface area contributed by atoms with Crippen LogP contribution in [0.1, 0.15) is 38.2 Å². The van der Waals surface area contributed by atoms with E-state index in [0.717, 1.165) is 12.8 Å². The summed E-state index contributed by atoms with van der Waals surface area (Å²) in [7, 11) is 0. The van der Waals surface area contributed by atoms with Gasteiger partial charge in [-0.3, -0.25) is 0 Å². The fourth-order valence-corrected chi connectivity index (χ4v) is 3.40. The van der Waals surface area contributed by atoms with E-state index in [1.165, 1.54) is 25.0 Å². The predicted molar refractivity (Wildman–Crippen MR) is 76.9 cm³/mol. The SMILES string of the molecule is CC1CCCC(C(N)Cc2c(F)ccc(Br)c2F)C1. The third-order valence-corrected chi connectivity index (χ3v) is 4.77. The summed E-state index contributed by atoms with van der Waals surface area (Å²) in [5.74, 6) is 0.0304. The molecule has 4 heteroatoms. The maximum Gasteiger partial charge on any atom is 0.143 e. The number of hydrogen-bond acceptors (Lipinski definition) is 1. The molecule has 19 heavy (non-hydrogen) atoms. The van der Waals surface area contributed by atoms with Gasteiger partial charge in [0, 0.05) is 11.6 Å². The van der Waals surface area contributed by atoms with E-state index >= 15 is 0 Å². The molecule has 0 saturated heterocycles. The average Bonchev–Trinajstić information content (AvgIpc) is 2.39. The maximum atomic E-state index is 13.9. The van der Waals surface area contributed by atoms with Gasteiger partial charge in [0.25, 0.3) is 0 Å². The van der Waals surface area contributed by atoms with E-state index in [4.69, 9.17) is 5.73 Å². The van der Waals surface area contributed by atoms with Crippen LogP contribution in [0.2, 0.25) is 0 Å². The zero-order valence-electron chi connectivity index (χ0n) is 11.1. The van der Waals surface area contributed by atoms with Crippen molar-refractivity contribution < 1.29 is 8.78 Å². The summed E-state index contributed by atoms with van der Waals surface area (Å²) in [6.45, 7) is 2.22. The highest BCUT2D eigenvalue weighted by molar-refractivity contribution is 9.10. The summed E-state index contributed by atoms with van der Waals surface area (Å²) in [6.07, 6.45) is 4.82. The Kier molecular flexibility index (Phi) is 4.96. The van der Waals surface area contributed by atoms with Crippen LogP contribution in [-0.4, -0.2) is 6.04 Å². The van der Waals surface area contributed by atoms with Crippen LogP contribution in [-0.2, 0) is 6.42 Å². The Morgan fingerprint density at radius 2 is 2.11 bits per heavy atom. The lowest BCUT2D eigenvalue weighted by Gasteiger charge is -2.31. The third-order valence-electron chi connectivity index (χ3n) is 4.16. The predicted octanol–water partition coefficient (Wildman–Crippen LogP) is 4.42. The van der Waals surface area contributed by atoms with Crippen molar-refractivity contribution in [1.29, 1.82) is 0 Å². The zero-order chi connectivity index (χ0) is 14.0. The molecule has 2 N–H and O–H groups in total. The van der Waals surface area contributed by atoms with Gasteiger partial charge in [-0.25, -0.2) is 8.78 Å². The zero-order valence-corrected chi connectivity index (χ0v) is 12.7. The Morgan fingerprint density at radius 3 is 2.79 bits per heavy atom. The second-order valence-electron chi connectivity index (χ2n) is 5.72. The van der Waals surface area contributed by atoms with Crippen molar-refractivity contribution in [3.05, 3.63) is 33.8 Å². The first-order chi connectivity index (χ1) is 8.99. The normalized spacial score (nSPS) is 25.3. The monoisotopic (exact) mass is 331 g/mol. The van der Waals surface area contributed by atoms with Crippen molar-refractivity contribution >= 4 is 15.9 Å². The summed E-state index contributed by atoms with van der Waals surface area (Å²) in [5.41, 5.74) is 6.29. The van der Waals surface area contributed by atoms with Gasteiger partial charge in [-0.15, -0.1) is 0 Å². The molecular weight excluding hydrogens is 312 g/mol. The van der Waals surface area contributed by atoms with Crippen LogP contribution in [0.15, 0.2) is 16.6 Å². The smallest absolute Gasteiger partial charge is 0.143 e. The lowest BCUT2D eigenvalue weighted by atomic mass is 9.77.